The molecule has 0 spiro atoms. The van der Waals surface area contributed by atoms with Gasteiger partial charge in [0.25, 0.3) is 0 Å². The van der Waals surface area contributed by atoms with Gasteiger partial charge in [0.15, 0.2) is 5.82 Å². The number of carbonyl (C=O) groups excluding carboxylic acids is 1. The van der Waals surface area contributed by atoms with E-state index in [-0.39, 0.29) is 5.91 Å². The van der Waals surface area contributed by atoms with Gasteiger partial charge in [0.05, 0.1) is 0 Å². The zero-order chi connectivity index (χ0) is 21.6. The first-order valence-corrected chi connectivity index (χ1v) is 11.4. The molecule has 1 fully saturated rings. The molecule has 1 aromatic heterocycles. The summed E-state index contributed by atoms with van der Waals surface area (Å²) < 4.78 is 5.34. The van der Waals surface area contributed by atoms with Crippen LogP contribution in [-0.2, 0) is 17.8 Å². The number of rotatable bonds is 7. The van der Waals surface area contributed by atoms with Gasteiger partial charge >= 0.3 is 0 Å². The number of amides is 1. The van der Waals surface area contributed by atoms with E-state index in [9.17, 15) is 4.79 Å². The number of aromatic nitrogens is 2. The Morgan fingerprint density at radius 1 is 1.19 bits per heavy atom. The minimum atomic E-state index is -0.0453. The van der Waals surface area contributed by atoms with Crippen molar-refractivity contribution in [3.05, 3.63) is 47.6 Å². The van der Waals surface area contributed by atoms with Gasteiger partial charge < -0.3 is 14.7 Å². The Morgan fingerprint density at radius 2 is 1.97 bits per heavy atom. The number of hydrogen-bond acceptors (Lipinski definition) is 6. The maximum Gasteiger partial charge on any atom is 0.227 e. The third kappa shape index (κ3) is 6.24. The van der Waals surface area contributed by atoms with Crippen molar-refractivity contribution in [2.75, 3.05) is 38.5 Å². The molecule has 4 rings (SSSR count). The summed E-state index contributed by atoms with van der Waals surface area (Å²) >= 11 is 0. The number of hydrogen-bond donors (Lipinski definition) is 1. The van der Waals surface area contributed by atoms with Crippen LogP contribution < -0.4 is 5.32 Å². The fourth-order valence-corrected chi connectivity index (χ4v) is 4.08. The zero-order valence-corrected chi connectivity index (χ0v) is 18.6. The predicted molar refractivity (Wildman–Crippen MR) is 121 cm³/mol. The SMILES string of the molecule is CC1CCN(Cc2ccc(NC(=O)CCc3nc(C4=CCN(C)CC4)no3)cc2)CC1. The first-order chi connectivity index (χ1) is 15.0. The summed E-state index contributed by atoms with van der Waals surface area (Å²) in [5, 5.41) is 7.04. The monoisotopic (exact) mass is 423 g/mol. The van der Waals surface area contributed by atoms with E-state index in [1.165, 1.54) is 31.5 Å². The Balaban J connectivity index is 1.22. The molecule has 1 saturated heterocycles. The van der Waals surface area contributed by atoms with Crippen molar-refractivity contribution in [3.8, 4) is 0 Å². The standard InChI is InChI=1S/C24H33N5O2/c1-18-9-15-29(16-10-18)17-19-3-5-21(6-4-19)25-22(30)7-8-23-26-24(27-31-23)20-11-13-28(2)14-12-20/h3-6,11,18H,7-10,12-17H2,1-2H3,(H,25,30). The van der Waals surface area contributed by atoms with Crippen LogP contribution in [0.1, 0.15) is 49.9 Å². The number of anilines is 1. The van der Waals surface area contributed by atoms with Gasteiger partial charge in [-0.25, -0.2) is 0 Å². The average Bonchev–Trinajstić information content (AvgIpc) is 3.25. The van der Waals surface area contributed by atoms with Crippen LogP contribution in [0, 0.1) is 5.92 Å². The fraction of sp³-hybridized carbons (Fsp3) is 0.542. The number of nitrogens with one attached hydrogen (secondary N) is 1. The van der Waals surface area contributed by atoms with E-state index in [0.29, 0.717) is 24.6 Å². The molecule has 1 amide bonds. The molecule has 0 atom stereocenters. The lowest BCUT2D eigenvalue weighted by molar-refractivity contribution is -0.116. The minimum Gasteiger partial charge on any atom is -0.339 e. The molecule has 3 heterocycles. The summed E-state index contributed by atoms with van der Waals surface area (Å²) in [6.07, 6.45) is 6.38. The van der Waals surface area contributed by atoms with Crippen LogP contribution >= 0.6 is 0 Å². The third-order valence-corrected chi connectivity index (χ3v) is 6.25. The lowest BCUT2D eigenvalue weighted by Gasteiger charge is -2.30. The van der Waals surface area contributed by atoms with E-state index < -0.39 is 0 Å². The van der Waals surface area contributed by atoms with Gasteiger partial charge in [0, 0.05) is 38.2 Å². The number of nitrogens with zero attached hydrogens (tertiary/aromatic N) is 4. The summed E-state index contributed by atoms with van der Waals surface area (Å²) in [5.41, 5.74) is 3.23. The molecule has 2 aromatic rings. The fourth-order valence-electron chi connectivity index (χ4n) is 4.08. The van der Waals surface area contributed by atoms with E-state index in [2.05, 4.69) is 57.4 Å². The molecule has 0 aliphatic carbocycles. The second-order valence-electron chi connectivity index (χ2n) is 8.96. The Kier molecular flexibility index (Phi) is 7.14. The molecule has 1 aromatic carbocycles. The van der Waals surface area contributed by atoms with Crippen molar-refractivity contribution >= 4 is 17.2 Å². The van der Waals surface area contributed by atoms with Crippen LogP contribution in [0.4, 0.5) is 5.69 Å². The smallest absolute Gasteiger partial charge is 0.227 e. The molecule has 31 heavy (non-hydrogen) atoms. The largest absolute Gasteiger partial charge is 0.339 e. The quantitative estimate of drug-likeness (QED) is 0.734. The van der Waals surface area contributed by atoms with Crippen molar-refractivity contribution < 1.29 is 9.32 Å². The number of likely N-dealkylation sites (N-methyl/N-ethyl adjacent to an activating group) is 1. The maximum absolute atomic E-state index is 12.3. The first-order valence-electron chi connectivity index (χ1n) is 11.4. The number of benzene rings is 1. The number of carbonyl (C=O) groups is 1. The van der Waals surface area contributed by atoms with E-state index in [1.807, 2.05) is 12.1 Å². The molecule has 0 bridgehead atoms. The van der Waals surface area contributed by atoms with Crippen LogP contribution in [0.15, 0.2) is 34.9 Å². The zero-order valence-electron chi connectivity index (χ0n) is 18.6. The van der Waals surface area contributed by atoms with Crippen molar-refractivity contribution in [1.82, 2.24) is 19.9 Å². The maximum atomic E-state index is 12.3. The molecular formula is C24H33N5O2. The molecule has 1 N–H and O–H groups in total. The van der Waals surface area contributed by atoms with Gasteiger partial charge in [-0.1, -0.05) is 30.3 Å². The highest BCUT2D eigenvalue weighted by atomic mass is 16.5. The number of likely N-dealkylation sites (tertiary alicyclic amines) is 1. The Labute approximate surface area is 184 Å². The highest BCUT2D eigenvalue weighted by Gasteiger charge is 2.17. The van der Waals surface area contributed by atoms with Crippen molar-refractivity contribution in [2.45, 2.75) is 45.6 Å². The molecule has 166 valence electrons. The average molecular weight is 424 g/mol. The summed E-state index contributed by atoms with van der Waals surface area (Å²) in [6.45, 7) is 7.55. The van der Waals surface area contributed by atoms with Gasteiger partial charge in [-0.15, -0.1) is 0 Å². The van der Waals surface area contributed by atoms with E-state index in [1.54, 1.807) is 0 Å². The molecule has 0 radical (unpaired) electrons. The highest BCUT2D eigenvalue weighted by Crippen LogP contribution is 2.20. The first kappa shape index (κ1) is 21.7. The van der Waals surface area contributed by atoms with Gasteiger partial charge in [0.1, 0.15) is 0 Å². The Morgan fingerprint density at radius 3 is 2.68 bits per heavy atom. The summed E-state index contributed by atoms with van der Waals surface area (Å²) in [7, 11) is 2.09. The summed E-state index contributed by atoms with van der Waals surface area (Å²) in [6, 6.07) is 8.18. The van der Waals surface area contributed by atoms with Crippen LogP contribution in [-0.4, -0.2) is 59.1 Å². The Hall–Kier alpha value is -2.51. The van der Waals surface area contributed by atoms with Crippen molar-refractivity contribution in [3.63, 3.8) is 0 Å². The van der Waals surface area contributed by atoms with Crippen LogP contribution in [0.3, 0.4) is 0 Å². The van der Waals surface area contributed by atoms with Crippen LogP contribution in [0.5, 0.6) is 0 Å². The van der Waals surface area contributed by atoms with Gasteiger partial charge in [-0.05, 0) is 68.6 Å². The second-order valence-corrected chi connectivity index (χ2v) is 8.96. The molecule has 0 unspecified atom stereocenters. The Bertz CT molecular complexity index is 897. The second kappa shape index (κ2) is 10.2. The van der Waals surface area contributed by atoms with Gasteiger partial charge in [0.2, 0.25) is 11.8 Å². The number of piperidine rings is 1. The van der Waals surface area contributed by atoms with Crippen LogP contribution in [0.25, 0.3) is 5.57 Å². The van der Waals surface area contributed by atoms with Gasteiger partial charge in [-0.2, -0.15) is 4.98 Å². The van der Waals surface area contributed by atoms with E-state index in [0.717, 1.165) is 43.2 Å². The minimum absolute atomic E-state index is 0.0453. The van der Waals surface area contributed by atoms with E-state index in [4.69, 9.17) is 4.52 Å². The molecule has 7 nitrogen and oxygen atoms in total. The van der Waals surface area contributed by atoms with Crippen molar-refractivity contribution in [1.29, 1.82) is 0 Å². The molecular weight excluding hydrogens is 390 g/mol. The molecule has 2 aliphatic heterocycles. The van der Waals surface area contributed by atoms with Gasteiger partial charge in [-0.3, -0.25) is 9.69 Å². The predicted octanol–water partition coefficient (Wildman–Crippen LogP) is 3.59. The van der Waals surface area contributed by atoms with Crippen molar-refractivity contribution in [2.24, 2.45) is 5.92 Å². The lowest BCUT2D eigenvalue weighted by atomic mass is 9.99. The highest BCUT2D eigenvalue weighted by molar-refractivity contribution is 5.90. The number of aryl methyl sites for hydroxylation is 1. The van der Waals surface area contributed by atoms with E-state index >= 15 is 0 Å². The lowest BCUT2D eigenvalue weighted by Crippen LogP contribution is -2.32. The third-order valence-electron chi connectivity index (χ3n) is 6.25. The molecule has 2 aliphatic rings. The van der Waals surface area contributed by atoms with Crippen LogP contribution in [0.2, 0.25) is 0 Å². The molecule has 7 heteroatoms. The summed E-state index contributed by atoms with van der Waals surface area (Å²) in [5.74, 6) is 1.97. The molecule has 0 saturated carbocycles. The summed E-state index contributed by atoms with van der Waals surface area (Å²) in [4.78, 5) is 21.6. The topological polar surface area (TPSA) is 74.5 Å². The normalized spacial score (nSPS) is 18.7.